The van der Waals surface area contributed by atoms with Crippen LogP contribution in [0.25, 0.3) is 0 Å². The summed E-state index contributed by atoms with van der Waals surface area (Å²) in [5.41, 5.74) is 5.38. The van der Waals surface area contributed by atoms with E-state index in [0.717, 1.165) is 12.5 Å². The van der Waals surface area contributed by atoms with E-state index < -0.39 is 0 Å². The predicted octanol–water partition coefficient (Wildman–Crippen LogP) is 2.37. The van der Waals surface area contributed by atoms with Gasteiger partial charge in [0.05, 0.1) is 18.8 Å². The normalized spacial score (nSPS) is 13.1. The molecule has 0 saturated carbocycles. The Hall–Kier alpha value is -0.170. The molecule has 1 atom stereocenters. The summed E-state index contributed by atoms with van der Waals surface area (Å²) in [4.78, 5) is 0. The van der Waals surface area contributed by atoms with Crippen LogP contribution in [-0.2, 0) is 0 Å². The van der Waals surface area contributed by atoms with Crippen molar-refractivity contribution in [3.05, 3.63) is 6.42 Å². The zero-order chi connectivity index (χ0) is 7.82. The van der Waals surface area contributed by atoms with Crippen LogP contribution in [0.2, 0.25) is 0 Å². The molecule has 0 aliphatic rings. The molecule has 60 valence electrons. The average molecular weight is 142 g/mol. The average Bonchev–Trinajstić information content (AvgIpc) is 1.89. The van der Waals surface area contributed by atoms with E-state index in [1.165, 1.54) is 25.7 Å². The van der Waals surface area contributed by atoms with Gasteiger partial charge >= 0.3 is 0 Å². The summed E-state index contributed by atoms with van der Waals surface area (Å²) in [6.45, 7) is 5.32. The maximum Gasteiger partial charge on any atom is 0.0949 e. The van der Waals surface area contributed by atoms with Gasteiger partial charge in [0.25, 0.3) is 0 Å². The fourth-order valence-corrected chi connectivity index (χ4v) is 1.13. The molecule has 1 unspecified atom stereocenters. The van der Waals surface area contributed by atoms with Crippen LogP contribution in [-0.4, -0.2) is 6.54 Å². The molecule has 10 heavy (non-hydrogen) atoms. The molecule has 0 bridgehead atoms. The van der Waals surface area contributed by atoms with Crippen molar-refractivity contribution in [2.75, 3.05) is 6.54 Å². The van der Waals surface area contributed by atoms with E-state index in [1.54, 1.807) is 0 Å². The lowest BCUT2D eigenvalue weighted by Gasteiger charge is -2.00. The third-order valence-corrected chi connectivity index (χ3v) is 1.75. The van der Waals surface area contributed by atoms with Gasteiger partial charge in [-0.2, -0.15) is 0 Å². The molecule has 0 aromatic heterocycles. The topological polar surface area (TPSA) is 26.0 Å². The van der Waals surface area contributed by atoms with Gasteiger partial charge in [-0.3, -0.25) is 0 Å². The number of hydrogen-bond donors (Lipinski definition) is 1. The first-order valence-corrected chi connectivity index (χ1v) is 4.34. The minimum absolute atomic E-state index is 0.788. The molecule has 0 spiro atoms. The van der Waals surface area contributed by atoms with Crippen LogP contribution in [0.3, 0.4) is 0 Å². The number of rotatable bonds is 6. The summed E-state index contributed by atoms with van der Waals surface area (Å²) in [6.07, 6.45) is 7.35. The number of nitrogens with two attached hydrogens (primary N) is 1. The molecule has 1 heteroatoms. The van der Waals surface area contributed by atoms with E-state index in [2.05, 4.69) is 20.3 Å². The Morgan fingerprint density at radius 2 is 2.10 bits per heavy atom. The summed E-state index contributed by atoms with van der Waals surface area (Å²) >= 11 is 0. The SMILES string of the molecule is CC[CH+]C(C)CCCCN. The number of unbranched alkanes of at least 4 members (excludes halogenated alkanes) is 1. The molecule has 0 aliphatic heterocycles. The maximum atomic E-state index is 5.38. The van der Waals surface area contributed by atoms with Crippen molar-refractivity contribution in [1.29, 1.82) is 0 Å². The van der Waals surface area contributed by atoms with Crippen LogP contribution < -0.4 is 5.73 Å². The fourth-order valence-electron chi connectivity index (χ4n) is 1.13. The second kappa shape index (κ2) is 6.94. The molecule has 0 fully saturated rings. The van der Waals surface area contributed by atoms with Crippen LogP contribution in [0, 0.1) is 12.3 Å². The summed E-state index contributed by atoms with van der Waals surface area (Å²) < 4.78 is 0. The summed E-state index contributed by atoms with van der Waals surface area (Å²) in [5.74, 6) is 0.788. The van der Waals surface area contributed by atoms with Crippen molar-refractivity contribution >= 4 is 0 Å². The Labute approximate surface area is 65.0 Å². The fraction of sp³-hybridized carbons (Fsp3) is 0.889. The van der Waals surface area contributed by atoms with Gasteiger partial charge in [0.2, 0.25) is 0 Å². The molecule has 0 radical (unpaired) electrons. The molecular formula is C9H20N+. The number of hydrogen-bond acceptors (Lipinski definition) is 1. The highest BCUT2D eigenvalue weighted by Crippen LogP contribution is 2.11. The third-order valence-electron chi connectivity index (χ3n) is 1.75. The lowest BCUT2D eigenvalue weighted by molar-refractivity contribution is 0.545. The van der Waals surface area contributed by atoms with Crippen molar-refractivity contribution in [1.82, 2.24) is 0 Å². The molecule has 0 aliphatic carbocycles. The molecule has 0 amide bonds. The van der Waals surface area contributed by atoms with Crippen LogP contribution >= 0.6 is 0 Å². The van der Waals surface area contributed by atoms with Gasteiger partial charge in [-0.25, -0.2) is 0 Å². The standard InChI is InChI=1S/C9H20N/c1-3-6-9(2)7-4-5-8-10/h6,9H,3-5,7-8,10H2,1-2H3/q+1. The maximum absolute atomic E-state index is 5.38. The Balaban J connectivity index is 2.97. The second-order valence-corrected chi connectivity index (χ2v) is 2.91. The van der Waals surface area contributed by atoms with Crippen molar-refractivity contribution in [2.24, 2.45) is 11.7 Å². The first-order valence-electron chi connectivity index (χ1n) is 4.34. The second-order valence-electron chi connectivity index (χ2n) is 2.91. The lowest BCUT2D eigenvalue weighted by atomic mass is 9.99. The zero-order valence-corrected chi connectivity index (χ0v) is 7.27. The quantitative estimate of drug-likeness (QED) is 0.447. The van der Waals surface area contributed by atoms with Gasteiger partial charge in [-0.15, -0.1) is 0 Å². The molecule has 1 nitrogen and oxygen atoms in total. The van der Waals surface area contributed by atoms with Crippen molar-refractivity contribution in [2.45, 2.75) is 39.5 Å². The smallest absolute Gasteiger partial charge is 0.0949 e. The van der Waals surface area contributed by atoms with E-state index in [0.29, 0.717) is 0 Å². The van der Waals surface area contributed by atoms with Gasteiger partial charge in [0.1, 0.15) is 0 Å². The van der Waals surface area contributed by atoms with E-state index in [4.69, 9.17) is 5.73 Å². The van der Waals surface area contributed by atoms with Crippen LogP contribution in [0.1, 0.15) is 39.5 Å². The highest BCUT2D eigenvalue weighted by atomic mass is 14.5. The zero-order valence-electron chi connectivity index (χ0n) is 7.27. The minimum Gasteiger partial charge on any atom is -0.330 e. The summed E-state index contributed by atoms with van der Waals surface area (Å²) in [5, 5.41) is 0. The molecule has 0 heterocycles. The van der Waals surface area contributed by atoms with E-state index in [9.17, 15) is 0 Å². The predicted molar refractivity (Wildman–Crippen MR) is 46.7 cm³/mol. The first-order chi connectivity index (χ1) is 4.81. The van der Waals surface area contributed by atoms with Gasteiger partial charge in [-0.1, -0.05) is 0 Å². The molecular weight excluding hydrogens is 122 g/mol. The van der Waals surface area contributed by atoms with Crippen molar-refractivity contribution in [3.8, 4) is 0 Å². The van der Waals surface area contributed by atoms with E-state index >= 15 is 0 Å². The van der Waals surface area contributed by atoms with Crippen molar-refractivity contribution < 1.29 is 0 Å². The van der Waals surface area contributed by atoms with Crippen molar-refractivity contribution in [3.63, 3.8) is 0 Å². The van der Waals surface area contributed by atoms with Gasteiger partial charge in [0, 0.05) is 0 Å². The lowest BCUT2D eigenvalue weighted by Crippen LogP contribution is -2.00. The molecule has 0 saturated heterocycles. The summed E-state index contributed by atoms with van der Waals surface area (Å²) in [7, 11) is 0. The monoisotopic (exact) mass is 142 g/mol. The van der Waals surface area contributed by atoms with Crippen LogP contribution in [0.5, 0.6) is 0 Å². The van der Waals surface area contributed by atoms with Gasteiger partial charge in [-0.05, 0) is 39.7 Å². The molecule has 0 rings (SSSR count). The van der Waals surface area contributed by atoms with Gasteiger partial charge < -0.3 is 5.73 Å². The summed E-state index contributed by atoms with van der Waals surface area (Å²) in [6, 6.07) is 0. The third kappa shape index (κ3) is 5.96. The molecule has 0 aromatic rings. The highest BCUT2D eigenvalue weighted by Gasteiger charge is 2.07. The first kappa shape index (κ1) is 9.83. The van der Waals surface area contributed by atoms with Crippen LogP contribution in [0.4, 0.5) is 0 Å². The van der Waals surface area contributed by atoms with Gasteiger partial charge in [0.15, 0.2) is 0 Å². The molecule has 0 aromatic carbocycles. The Kier molecular flexibility index (Phi) is 6.83. The highest BCUT2D eigenvalue weighted by molar-refractivity contribution is 4.69. The molecule has 2 N–H and O–H groups in total. The Morgan fingerprint density at radius 1 is 1.40 bits per heavy atom. The Morgan fingerprint density at radius 3 is 2.60 bits per heavy atom. The van der Waals surface area contributed by atoms with E-state index in [-0.39, 0.29) is 0 Å². The van der Waals surface area contributed by atoms with E-state index in [1.807, 2.05) is 0 Å². The largest absolute Gasteiger partial charge is 0.330 e. The van der Waals surface area contributed by atoms with Crippen LogP contribution in [0.15, 0.2) is 0 Å². The Bertz CT molecular complexity index is 61.7. The minimum atomic E-state index is 0.788.